The molecule has 1 aromatic carbocycles. The number of ether oxygens (including phenoxy) is 1. The average Bonchev–Trinajstić information content (AvgIpc) is 2.44. The fraction of sp³-hybridized carbons (Fsp3) is 0.200. The Labute approximate surface area is 116 Å². The Morgan fingerprint density at radius 1 is 1.25 bits per heavy atom. The van der Waals surface area contributed by atoms with Gasteiger partial charge in [0, 0.05) is 12.4 Å². The molecule has 0 atom stereocenters. The zero-order valence-corrected chi connectivity index (χ0v) is 11.0. The molecule has 0 aliphatic rings. The number of halogens is 1. The molecule has 0 saturated carbocycles. The van der Waals surface area contributed by atoms with Crippen molar-refractivity contribution < 1.29 is 9.13 Å². The van der Waals surface area contributed by atoms with E-state index in [2.05, 4.69) is 4.98 Å². The monoisotopic (exact) mass is 273 g/mol. The summed E-state index contributed by atoms with van der Waals surface area (Å²) >= 11 is 0. The maximum atomic E-state index is 13.6. The molecular formula is C15H16FN3O. The zero-order valence-electron chi connectivity index (χ0n) is 11.0. The van der Waals surface area contributed by atoms with Crippen molar-refractivity contribution in [2.24, 2.45) is 5.73 Å². The highest BCUT2D eigenvalue weighted by atomic mass is 19.1. The van der Waals surface area contributed by atoms with Crippen LogP contribution in [0.1, 0.15) is 17.5 Å². The largest absolute Gasteiger partial charge is 0.493 e. The van der Waals surface area contributed by atoms with Crippen LogP contribution in [-0.4, -0.2) is 17.4 Å². The van der Waals surface area contributed by atoms with Crippen molar-refractivity contribution in [1.29, 1.82) is 5.41 Å². The highest BCUT2D eigenvalue weighted by molar-refractivity contribution is 5.97. The van der Waals surface area contributed by atoms with Gasteiger partial charge < -0.3 is 10.5 Å². The molecule has 0 saturated heterocycles. The molecule has 2 aromatic rings. The molecule has 0 aliphatic carbocycles. The molecular weight excluding hydrogens is 257 g/mol. The number of nitrogen functional groups attached to an aromatic ring is 1. The lowest BCUT2D eigenvalue weighted by Gasteiger charge is -2.11. The zero-order chi connectivity index (χ0) is 14.4. The molecule has 0 radical (unpaired) electrons. The van der Waals surface area contributed by atoms with Gasteiger partial charge in [-0.3, -0.25) is 10.4 Å². The SMILES string of the molecule is N=C(N)c1c(F)cccc1OCCCc1ccncc1. The molecule has 0 aliphatic heterocycles. The van der Waals surface area contributed by atoms with Crippen LogP contribution in [0.25, 0.3) is 0 Å². The number of nitrogens with two attached hydrogens (primary N) is 1. The van der Waals surface area contributed by atoms with Crippen LogP contribution >= 0.6 is 0 Å². The maximum absolute atomic E-state index is 13.6. The molecule has 3 N–H and O–H groups in total. The van der Waals surface area contributed by atoms with Crippen LogP contribution in [0.4, 0.5) is 4.39 Å². The summed E-state index contributed by atoms with van der Waals surface area (Å²) in [7, 11) is 0. The van der Waals surface area contributed by atoms with Gasteiger partial charge in [-0.1, -0.05) is 6.07 Å². The number of hydrogen-bond acceptors (Lipinski definition) is 3. The Kier molecular flexibility index (Phi) is 4.65. The summed E-state index contributed by atoms with van der Waals surface area (Å²) in [6.07, 6.45) is 5.14. The summed E-state index contributed by atoms with van der Waals surface area (Å²) in [6.45, 7) is 0.437. The van der Waals surface area contributed by atoms with Gasteiger partial charge in [-0.2, -0.15) is 0 Å². The first kappa shape index (κ1) is 14.0. The van der Waals surface area contributed by atoms with Crippen molar-refractivity contribution in [3.05, 3.63) is 59.7 Å². The van der Waals surface area contributed by atoms with Gasteiger partial charge in [-0.05, 0) is 42.7 Å². The molecule has 20 heavy (non-hydrogen) atoms. The van der Waals surface area contributed by atoms with Crippen molar-refractivity contribution in [3.63, 3.8) is 0 Å². The van der Waals surface area contributed by atoms with Crippen molar-refractivity contribution >= 4 is 5.84 Å². The van der Waals surface area contributed by atoms with Crippen molar-refractivity contribution in [2.75, 3.05) is 6.61 Å². The first-order chi connectivity index (χ1) is 9.68. The Balaban J connectivity index is 1.92. The van der Waals surface area contributed by atoms with Gasteiger partial charge in [0.15, 0.2) is 0 Å². The van der Waals surface area contributed by atoms with Crippen molar-refractivity contribution in [1.82, 2.24) is 4.98 Å². The molecule has 0 fully saturated rings. The molecule has 0 bridgehead atoms. The molecule has 5 heteroatoms. The summed E-state index contributed by atoms with van der Waals surface area (Å²) in [5, 5.41) is 7.38. The van der Waals surface area contributed by atoms with Crippen LogP contribution in [0.2, 0.25) is 0 Å². The van der Waals surface area contributed by atoms with Gasteiger partial charge in [0.05, 0.1) is 12.2 Å². The minimum Gasteiger partial charge on any atom is -0.493 e. The fourth-order valence-corrected chi connectivity index (χ4v) is 1.89. The number of aryl methyl sites for hydroxylation is 1. The van der Waals surface area contributed by atoms with E-state index in [0.29, 0.717) is 12.4 Å². The van der Waals surface area contributed by atoms with Crippen LogP contribution in [0.15, 0.2) is 42.7 Å². The molecule has 104 valence electrons. The number of rotatable bonds is 6. The van der Waals surface area contributed by atoms with Gasteiger partial charge >= 0.3 is 0 Å². The smallest absolute Gasteiger partial charge is 0.137 e. The number of benzene rings is 1. The van der Waals surface area contributed by atoms with E-state index in [1.165, 1.54) is 11.6 Å². The molecule has 0 unspecified atom stereocenters. The van der Waals surface area contributed by atoms with E-state index < -0.39 is 5.82 Å². The van der Waals surface area contributed by atoms with E-state index >= 15 is 0 Å². The molecule has 1 aromatic heterocycles. The highest BCUT2D eigenvalue weighted by Gasteiger charge is 2.12. The highest BCUT2D eigenvalue weighted by Crippen LogP contribution is 2.21. The van der Waals surface area contributed by atoms with Crippen LogP contribution in [0.5, 0.6) is 5.75 Å². The van der Waals surface area contributed by atoms with Crippen LogP contribution in [0, 0.1) is 11.2 Å². The first-order valence-corrected chi connectivity index (χ1v) is 6.33. The van der Waals surface area contributed by atoms with Crippen LogP contribution in [-0.2, 0) is 6.42 Å². The predicted molar refractivity (Wildman–Crippen MR) is 75.5 cm³/mol. The normalized spacial score (nSPS) is 10.2. The Morgan fingerprint density at radius 2 is 2.00 bits per heavy atom. The number of hydrogen-bond donors (Lipinski definition) is 2. The summed E-state index contributed by atoms with van der Waals surface area (Å²) in [4.78, 5) is 3.95. The van der Waals surface area contributed by atoms with Gasteiger partial charge in [0.2, 0.25) is 0 Å². The van der Waals surface area contributed by atoms with Crippen molar-refractivity contribution in [3.8, 4) is 5.75 Å². The summed E-state index contributed by atoms with van der Waals surface area (Å²) in [5.41, 5.74) is 6.57. The summed E-state index contributed by atoms with van der Waals surface area (Å²) < 4.78 is 19.1. The van der Waals surface area contributed by atoms with E-state index in [9.17, 15) is 4.39 Å². The predicted octanol–water partition coefficient (Wildman–Crippen LogP) is 2.52. The Hall–Kier alpha value is -2.43. The average molecular weight is 273 g/mol. The van der Waals surface area contributed by atoms with E-state index in [4.69, 9.17) is 15.9 Å². The fourth-order valence-electron chi connectivity index (χ4n) is 1.89. The van der Waals surface area contributed by atoms with Gasteiger partial charge in [0.1, 0.15) is 17.4 Å². The van der Waals surface area contributed by atoms with Crippen molar-refractivity contribution in [2.45, 2.75) is 12.8 Å². The quantitative estimate of drug-likeness (QED) is 0.482. The second-order valence-electron chi connectivity index (χ2n) is 4.33. The number of nitrogens with zero attached hydrogens (tertiary/aromatic N) is 1. The summed E-state index contributed by atoms with van der Waals surface area (Å²) in [6, 6.07) is 8.32. The minimum absolute atomic E-state index is 0.0245. The molecule has 0 spiro atoms. The van der Waals surface area contributed by atoms with E-state index in [1.54, 1.807) is 24.5 Å². The van der Waals surface area contributed by atoms with E-state index in [-0.39, 0.29) is 11.4 Å². The Morgan fingerprint density at radius 3 is 2.70 bits per heavy atom. The third-order valence-electron chi connectivity index (χ3n) is 2.86. The molecule has 2 rings (SSSR count). The lowest BCUT2D eigenvalue weighted by atomic mass is 10.1. The topological polar surface area (TPSA) is 72.0 Å². The molecule has 0 amide bonds. The van der Waals surface area contributed by atoms with Gasteiger partial charge in [-0.25, -0.2) is 4.39 Å². The van der Waals surface area contributed by atoms with Gasteiger partial charge in [-0.15, -0.1) is 0 Å². The maximum Gasteiger partial charge on any atom is 0.137 e. The third-order valence-corrected chi connectivity index (χ3v) is 2.86. The summed E-state index contributed by atoms with van der Waals surface area (Å²) in [5.74, 6) is -0.552. The van der Waals surface area contributed by atoms with E-state index in [1.807, 2.05) is 12.1 Å². The van der Waals surface area contributed by atoms with Crippen LogP contribution < -0.4 is 10.5 Å². The first-order valence-electron chi connectivity index (χ1n) is 6.33. The second-order valence-corrected chi connectivity index (χ2v) is 4.33. The number of pyridine rings is 1. The van der Waals surface area contributed by atoms with E-state index in [0.717, 1.165) is 12.8 Å². The second kappa shape index (κ2) is 6.65. The lowest BCUT2D eigenvalue weighted by Crippen LogP contribution is -2.15. The molecule has 1 heterocycles. The number of amidine groups is 1. The lowest BCUT2D eigenvalue weighted by molar-refractivity contribution is 0.308. The Bertz CT molecular complexity index is 587. The van der Waals surface area contributed by atoms with Gasteiger partial charge in [0.25, 0.3) is 0 Å². The third kappa shape index (κ3) is 3.54. The number of aromatic nitrogens is 1. The van der Waals surface area contributed by atoms with Crippen LogP contribution in [0.3, 0.4) is 0 Å². The standard InChI is InChI=1S/C15H16FN3O/c16-12-4-1-5-13(14(12)15(17)18)20-10-2-3-11-6-8-19-9-7-11/h1,4-9H,2-3,10H2,(H3,17,18). The minimum atomic E-state index is -0.538. The molecule has 4 nitrogen and oxygen atoms in total. The number of nitrogens with one attached hydrogen (secondary N) is 1.